The number of quaternary nitrogens is 1. The van der Waals surface area contributed by atoms with Crippen LogP contribution in [-0.4, -0.2) is 65.7 Å². The highest BCUT2D eigenvalue weighted by molar-refractivity contribution is 5.68. The first-order valence-electron chi connectivity index (χ1n) is 7.22. The zero-order chi connectivity index (χ0) is 15.6. The molecule has 0 aliphatic heterocycles. The summed E-state index contributed by atoms with van der Waals surface area (Å²) in [6.07, 6.45) is 7.92. The molecule has 0 fully saturated rings. The third-order valence-corrected chi connectivity index (χ3v) is 2.91. The first kappa shape index (κ1) is 19.1. The average molecular weight is 288 g/mol. The zero-order valence-electron chi connectivity index (χ0n) is 13.0. The Morgan fingerprint density at radius 2 is 1.75 bits per heavy atom. The summed E-state index contributed by atoms with van der Waals surface area (Å²) in [5.41, 5.74) is -1.30. The highest BCUT2D eigenvalue weighted by Crippen LogP contribution is 2.17. The number of carboxylic acid groups (broad SMARTS) is 1. The molecule has 0 radical (unpaired) electrons. The summed E-state index contributed by atoms with van der Waals surface area (Å²) in [6.45, 7) is 0.595. The zero-order valence-corrected chi connectivity index (χ0v) is 13.0. The van der Waals surface area contributed by atoms with Gasteiger partial charge in [0.05, 0.1) is 27.6 Å². The lowest BCUT2D eigenvalue weighted by atomic mass is 9.97. The third kappa shape index (κ3) is 11.0. The SMILES string of the molecule is C[N+](C)(C)CC(O)(C=CCCCCCCO)CC(=O)O. The van der Waals surface area contributed by atoms with Gasteiger partial charge in [0.1, 0.15) is 12.1 Å². The number of aliphatic hydroxyl groups excluding tert-OH is 1. The van der Waals surface area contributed by atoms with E-state index < -0.39 is 11.6 Å². The van der Waals surface area contributed by atoms with E-state index in [4.69, 9.17) is 10.2 Å². The first-order chi connectivity index (χ1) is 9.18. The van der Waals surface area contributed by atoms with Crippen LogP contribution in [0, 0.1) is 0 Å². The lowest BCUT2D eigenvalue weighted by molar-refractivity contribution is -0.876. The van der Waals surface area contributed by atoms with Crippen molar-refractivity contribution >= 4 is 5.97 Å². The van der Waals surface area contributed by atoms with Gasteiger partial charge in [0, 0.05) is 6.61 Å². The Labute approximate surface area is 122 Å². The maximum absolute atomic E-state index is 10.9. The lowest BCUT2D eigenvalue weighted by Gasteiger charge is -2.32. The van der Waals surface area contributed by atoms with Crippen molar-refractivity contribution < 1.29 is 24.6 Å². The smallest absolute Gasteiger partial charge is 0.306 e. The average Bonchev–Trinajstić information content (AvgIpc) is 2.23. The number of unbranched alkanes of at least 4 members (excludes halogenated alkanes) is 4. The molecule has 0 bridgehead atoms. The number of aliphatic carboxylic acids is 1. The van der Waals surface area contributed by atoms with Crippen molar-refractivity contribution in [1.82, 2.24) is 0 Å². The minimum absolute atomic E-state index is 0.234. The van der Waals surface area contributed by atoms with Gasteiger partial charge in [-0.25, -0.2) is 0 Å². The van der Waals surface area contributed by atoms with Crippen molar-refractivity contribution in [2.75, 3.05) is 34.3 Å². The van der Waals surface area contributed by atoms with E-state index in [1.165, 1.54) is 0 Å². The Bertz CT molecular complexity index is 309. The fraction of sp³-hybridized carbons (Fsp3) is 0.800. The van der Waals surface area contributed by atoms with Gasteiger partial charge in [-0.3, -0.25) is 4.79 Å². The van der Waals surface area contributed by atoms with Crippen molar-refractivity contribution in [2.24, 2.45) is 0 Å². The molecule has 1 unspecified atom stereocenters. The van der Waals surface area contributed by atoms with Crippen LogP contribution in [0.4, 0.5) is 0 Å². The summed E-state index contributed by atoms with van der Waals surface area (Å²) in [4.78, 5) is 10.9. The largest absolute Gasteiger partial charge is 0.481 e. The number of rotatable bonds is 11. The van der Waals surface area contributed by atoms with Crippen LogP contribution in [0.25, 0.3) is 0 Å². The van der Waals surface area contributed by atoms with Crippen molar-refractivity contribution in [3.63, 3.8) is 0 Å². The minimum atomic E-state index is -1.30. The molecule has 0 amide bonds. The molecular weight excluding hydrogens is 258 g/mol. The number of allylic oxidation sites excluding steroid dienone is 1. The molecule has 0 aromatic heterocycles. The first-order valence-corrected chi connectivity index (χ1v) is 7.22. The second kappa shape index (κ2) is 9.10. The predicted octanol–water partition coefficient (Wildman–Crippen LogP) is 1.40. The fourth-order valence-electron chi connectivity index (χ4n) is 2.28. The molecular formula is C15H30NO4+. The highest BCUT2D eigenvalue weighted by atomic mass is 16.4. The van der Waals surface area contributed by atoms with Gasteiger partial charge in [-0.05, 0) is 19.3 Å². The molecule has 118 valence electrons. The van der Waals surface area contributed by atoms with Crippen LogP contribution in [0.1, 0.15) is 38.5 Å². The Morgan fingerprint density at radius 1 is 1.15 bits per heavy atom. The number of hydrogen-bond donors (Lipinski definition) is 3. The number of aliphatic hydroxyl groups is 2. The summed E-state index contributed by atoms with van der Waals surface area (Å²) in [7, 11) is 5.78. The van der Waals surface area contributed by atoms with Crippen LogP contribution in [-0.2, 0) is 4.79 Å². The van der Waals surface area contributed by atoms with Crippen molar-refractivity contribution in [1.29, 1.82) is 0 Å². The van der Waals surface area contributed by atoms with Crippen LogP contribution in [0.5, 0.6) is 0 Å². The van der Waals surface area contributed by atoms with Gasteiger partial charge in [-0.1, -0.05) is 25.0 Å². The van der Waals surface area contributed by atoms with Crippen LogP contribution in [0.2, 0.25) is 0 Å². The summed E-state index contributed by atoms with van der Waals surface area (Å²) >= 11 is 0. The topological polar surface area (TPSA) is 77.8 Å². The predicted molar refractivity (Wildman–Crippen MR) is 79.4 cm³/mol. The van der Waals surface area contributed by atoms with E-state index in [9.17, 15) is 9.90 Å². The number of nitrogens with zero attached hydrogens (tertiary/aromatic N) is 1. The molecule has 1 atom stereocenters. The van der Waals surface area contributed by atoms with E-state index in [2.05, 4.69) is 0 Å². The van der Waals surface area contributed by atoms with Gasteiger partial charge >= 0.3 is 5.97 Å². The summed E-state index contributed by atoms with van der Waals surface area (Å²) < 4.78 is 0.505. The van der Waals surface area contributed by atoms with Crippen molar-refractivity contribution in [3.05, 3.63) is 12.2 Å². The quantitative estimate of drug-likeness (QED) is 0.305. The van der Waals surface area contributed by atoms with Crippen LogP contribution >= 0.6 is 0 Å². The highest BCUT2D eigenvalue weighted by Gasteiger charge is 2.33. The second-order valence-electron chi connectivity index (χ2n) is 6.45. The maximum atomic E-state index is 10.9. The van der Waals surface area contributed by atoms with Gasteiger partial charge in [0.25, 0.3) is 0 Å². The summed E-state index contributed by atoms with van der Waals surface area (Å²) in [6, 6.07) is 0. The number of hydrogen-bond acceptors (Lipinski definition) is 3. The number of likely N-dealkylation sites (N-methyl/N-ethyl adjacent to an activating group) is 1. The van der Waals surface area contributed by atoms with Crippen LogP contribution < -0.4 is 0 Å². The van der Waals surface area contributed by atoms with Gasteiger partial charge in [-0.2, -0.15) is 0 Å². The van der Waals surface area contributed by atoms with E-state index in [1.54, 1.807) is 6.08 Å². The van der Waals surface area contributed by atoms with Crippen LogP contribution in [0.3, 0.4) is 0 Å². The molecule has 0 heterocycles. The Kier molecular flexibility index (Phi) is 8.69. The molecule has 0 aliphatic rings. The van der Waals surface area contributed by atoms with E-state index in [-0.39, 0.29) is 13.0 Å². The second-order valence-corrected chi connectivity index (χ2v) is 6.45. The third-order valence-electron chi connectivity index (χ3n) is 2.91. The molecule has 5 nitrogen and oxygen atoms in total. The van der Waals surface area contributed by atoms with Crippen LogP contribution in [0.15, 0.2) is 12.2 Å². The molecule has 0 spiro atoms. The van der Waals surface area contributed by atoms with Gasteiger partial charge in [-0.15, -0.1) is 0 Å². The molecule has 3 N–H and O–H groups in total. The van der Waals surface area contributed by atoms with Gasteiger partial charge < -0.3 is 19.8 Å². The van der Waals surface area contributed by atoms with E-state index >= 15 is 0 Å². The number of carbonyl (C=O) groups is 1. The lowest BCUT2D eigenvalue weighted by Crippen LogP contribution is -2.49. The molecule has 5 heteroatoms. The standard InChI is InChI=1S/C15H29NO4/c1-16(2,3)13-15(20,12-14(18)19)10-8-6-4-5-7-9-11-17/h8,10,17,20H,4-7,9,11-13H2,1-3H3/p+1. The molecule has 0 aromatic carbocycles. The number of carboxylic acids is 1. The summed E-state index contributed by atoms with van der Waals surface area (Å²) in [5.74, 6) is -0.992. The molecule has 0 aliphatic carbocycles. The van der Waals surface area contributed by atoms with E-state index in [0.717, 1.165) is 32.1 Å². The van der Waals surface area contributed by atoms with Crippen molar-refractivity contribution in [3.8, 4) is 0 Å². The Balaban J connectivity index is 4.31. The maximum Gasteiger partial charge on any atom is 0.306 e. The van der Waals surface area contributed by atoms with E-state index in [0.29, 0.717) is 11.0 Å². The Morgan fingerprint density at radius 3 is 2.25 bits per heavy atom. The molecule has 0 saturated heterocycles. The van der Waals surface area contributed by atoms with Gasteiger partial charge in [0.2, 0.25) is 0 Å². The minimum Gasteiger partial charge on any atom is -0.481 e. The summed E-state index contributed by atoms with van der Waals surface area (Å²) in [5, 5.41) is 28.0. The fourth-order valence-corrected chi connectivity index (χ4v) is 2.28. The molecule has 0 aromatic rings. The molecule has 0 rings (SSSR count). The monoisotopic (exact) mass is 288 g/mol. The van der Waals surface area contributed by atoms with E-state index in [1.807, 2.05) is 27.2 Å². The van der Waals surface area contributed by atoms with Crippen molar-refractivity contribution in [2.45, 2.75) is 44.1 Å². The molecule has 0 saturated carbocycles. The Hall–Kier alpha value is -0.910. The van der Waals surface area contributed by atoms with Gasteiger partial charge in [0.15, 0.2) is 0 Å². The normalized spacial score (nSPS) is 15.4. The molecule has 20 heavy (non-hydrogen) atoms.